The molecular formula is C16H10BrF5N2O4. The number of aromatic nitrogens is 1. The maximum Gasteiger partial charge on any atom is 0.422 e. The summed E-state index contributed by atoms with van der Waals surface area (Å²) in [7, 11) is 0. The lowest BCUT2D eigenvalue weighted by Crippen LogP contribution is -2.22. The summed E-state index contributed by atoms with van der Waals surface area (Å²) in [5, 5.41) is 2.11. The fourth-order valence-electron chi connectivity index (χ4n) is 1.79. The Morgan fingerprint density at radius 1 is 1.18 bits per heavy atom. The van der Waals surface area contributed by atoms with E-state index >= 15 is 0 Å². The quantitative estimate of drug-likeness (QED) is 0.514. The molecule has 0 aliphatic rings. The van der Waals surface area contributed by atoms with E-state index in [1.807, 2.05) is 0 Å². The first-order valence-corrected chi connectivity index (χ1v) is 8.11. The number of alkyl halides is 3. The van der Waals surface area contributed by atoms with Crippen molar-refractivity contribution in [3.63, 3.8) is 0 Å². The van der Waals surface area contributed by atoms with Crippen LogP contribution in [0.2, 0.25) is 0 Å². The molecule has 28 heavy (non-hydrogen) atoms. The number of esters is 1. The summed E-state index contributed by atoms with van der Waals surface area (Å²) in [6, 6.07) is 3.60. The zero-order valence-corrected chi connectivity index (χ0v) is 15.2. The highest BCUT2D eigenvalue weighted by Crippen LogP contribution is 2.26. The molecule has 0 spiro atoms. The minimum Gasteiger partial charge on any atom is -0.468 e. The van der Waals surface area contributed by atoms with Gasteiger partial charge in [-0.1, -0.05) is 0 Å². The van der Waals surface area contributed by atoms with Crippen molar-refractivity contribution < 1.29 is 41.0 Å². The van der Waals surface area contributed by atoms with Crippen molar-refractivity contribution in [3.05, 3.63) is 52.1 Å². The molecule has 150 valence electrons. The van der Waals surface area contributed by atoms with E-state index in [0.717, 1.165) is 24.4 Å². The van der Waals surface area contributed by atoms with Crippen molar-refractivity contribution in [1.29, 1.82) is 0 Å². The van der Waals surface area contributed by atoms with Crippen molar-refractivity contribution >= 4 is 33.5 Å². The fraction of sp³-hybridized carbons (Fsp3) is 0.188. The van der Waals surface area contributed by atoms with Crippen LogP contribution in [0.4, 0.5) is 27.6 Å². The number of benzene rings is 1. The first-order chi connectivity index (χ1) is 13.0. The van der Waals surface area contributed by atoms with E-state index in [1.54, 1.807) is 0 Å². The van der Waals surface area contributed by atoms with Crippen LogP contribution in [-0.4, -0.2) is 36.3 Å². The van der Waals surface area contributed by atoms with Gasteiger partial charge in [-0.25, -0.2) is 18.6 Å². The van der Waals surface area contributed by atoms with Gasteiger partial charge >= 0.3 is 12.1 Å². The lowest BCUT2D eigenvalue weighted by Gasteiger charge is -2.10. The predicted octanol–water partition coefficient (Wildman–Crippen LogP) is 3.86. The van der Waals surface area contributed by atoms with Gasteiger partial charge in [0.15, 0.2) is 19.0 Å². The number of nitrogens with zero attached hydrogens (tertiary/aromatic N) is 1. The molecule has 0 bridgehead atoms. The van der Waals surface area contributed by atoms with E-state index in [2.05, 4.69) is 31.0 Å². The molecule has 0 atom stereocenters. The first-order valence-electron chi connectivity index (χ1n) is 7.32. The van der Waals surface area contributed by atoms with Crippen molar-refractivity contribution in [1.82, 2.24) is 4.98 Å². The zero-order valence-electron chi connectivity index (χ0n) is 13.6. The van der Waals surface area contributed by atoms with Crippen molar-refractivity contribution in [3.8, 4) is 5.88 Å². The van der Waals surface area contributed by atoms with Crippen LogP contribution in [0, 0.1) is 11.6 Å². The Labute approximate surface area is 162 Å². The van der Waals surface area contributed by atoms with Crippen LogP contribution in [0.5, 0.6) is 5.88 Å². The molecule has 2 rings (SSSR count). The van der Waals surface area contributed by atoms with Crippen LogP contribution in [0.1, 0.15) is 10.4 Å². The van der Waals surface area contributed by atoms with Gasteiger partial charge in [0.05, 0.1) is 11.3 Å². The molecule has 2 aromatic rings. The number of hydrogen-bond donors (Lipinski definition) is 1. The standard InChI is InChI=1S/C16H10BrF5N2O4/c17-10-3-9(18)4-11(19)14(10)24-12(25)6-27-15(26)8-1-2-13(23-5-8)28-7-16(20,21)22/h1-5H,6-7H2,(H,24,25). The molecule has 0 aliphatic heterocycles. The van der Waals surface area contributed by atoms with Crippen LogP contribution >= 0.6 is 15.9 Å². The van der Waals surface area contributed by atoms with Crippen molar-refractivity contribution in [2.45, 2.75) is 6.18 Å². The minimum absolute atomic E-state index is 0.0525. The number of hydrogen-bond acceptors (Lipinski definition) is 5. The molecule has 6 nitrogen and oxygen atoms in total. The van der Waals surface area contributed by atoms with Crippen LogP contribution < -0.4 is 10.1 Å². The highest BCUT2D eigenvalue weighted by Gasteiger charge is 2.28. The van der Waals surface area contributed by atoms with Gasteiger partial charge in [-0.2, -0.15) is 13.2 Å². The van der Waals surface area contributed by atoms with E-state index in [4.69, 9.17) is 4.74 Å². The average molecular weight is 469 g/mol. The van der Waals surface area contributed by atoms with Crippen molar-refractivity contribution in [2.24, 2.45) is 0 Å². The SMILES string of the molecule is O=C(COC(=O)c1ccc(OCC(F)(F)F)nc1)Nc1c(F)cc(F)cc1Br. The summed E-state index contributed by atoms with van der Waals surface area (Å²) in [4.78, 5) is 27.1. The van der Waals surface area contributed by atoms with Gasteiger partial charge in [-0.15, -0.1) is 0 Å². The molecule has 1 aromatic heterocycles. The lowest BCUT2D eigenvalue weighted by atomic mass is 10.3. The Hall–Kier alpha value is -2.76. The van der Waals surface area contributed by atoms with Gasteiger partial charge in [0.1, 0.15) is 5.82 Å². The second kappa shape index (κ2) is 8.95. The molecule has 0 fully saturated rings. The Kier molecular flexibility index (Phi) is 6.89. The molecule has 0 saturated heterocycles. The molecular weight excluding hydrogens is 459 g/mol. The van der Waals surface area contributed by atoms with Crippen LogP contribution in [0.15, 0.2) is 34.9 Å². The highest BCUT2D eigenvalue weighted by atomic mass is 79.9. The Morgan fingerprint density at radius 2 is 1.89 bits per heavy atom. The highest BCUT2D eigenvalue weighted by molar-refractivity contribution is 9.10. The number of nitrogens with one attached hydrogen (secondary N) is 1. The summed E-state index contributed by atoms with van der Waals surface area (Å²) in [5.74, 6) is -4.15. The maximum absolute atomic E-state index is 13.6. The number of ether oxygens (including phenoxy) is 2. The molecule has 12 heteroatoms. The van der Waals surface area contributed by atoms with Crippen molar-refractivity contribution in [2.75, 3.05) is 18.5 Å². The van der Waals surface area contributed by atoms with E-state index < -0.39 is 42.9 Å². The molecule has 0 unspecified atom stereocenters. The monoisotopic (exact) mass is 468 g/mol. The smallest absolute Gasteiger partial charge is 0.422 e. The molecule has 0 aliphatic carbocycles. The van der Waals surface area contributed by atoms with Gasteiger partial charge in [0, 0.05) is 22.8 Å². The summed E-state index contributed by atoms with van der Waals surface area (Å²) < 4.78 is 71.8. The topological polar surface area (TPSA) is 77.5 Å². The average Bonchev–Trinajstić information content (AvgIpc) is 2.60. The summed E-state index contributed by atoms with van der Waals surface area (Å²) in [6.07, 6.45) is -3.63. The Morgan fingerprint density at radius 3 is 2.46 bits per heavy atom. The normalized spacial score (nSPS) is 11.1. The third-order valence-electron chi connectivity index (χ3n) is 2.96. The number of pyridine rings is 1. The summed E-state index contributed by atoms with van der Waals surface area (Å²) in [6.45, 7) is -2.34. The molecule has 0 radical (unpaired) electrons. The first kappa shape index (κ1) is 21.5. The number of amides is 1. The van der Waals surface area contributed by atoms with Gasteiger partial charge in [-0.05, 0) is 28.1 Å². The van der Waals surface area contributed by atoms with Crippen LogP contribution in [-0.2, 0) is 9.53 Å². The molecule has 1 heterocycles. The van der Waals surface area contributed by atoms with Gasteiger partial charge in [0.25, 0.3) is 5.91 Å². The molecule has 0 saturated carbocycles. The molecule has 1 amide bonds. The van der Waals surface area contributed by atoms with E-state index in [0.29, 0.717) is 6.07 Å². The van der Waals surface area contributed by atoms with Gasteiger partial charge < -0.3 is 14.8 Å². The maximum atomic E-state index is 13.6. The van der Waals surface area contributed by atoms with Crippen LogP contribution in [0.25, 0.3) is 0 Å². The minimum atomic E-state index is -4.54. The van der Waals surface area contributed by atoms with E-state index in [-0.39, 0.29) is 21.6 Å². The number of carbonyl (C=O) groups is 2. The largest absolute Gasteiger partial charge is 0.468 e. The van der Waals surface area contributed by atoms with E-state index in [9.17, 15) is 31.5 Å². The van der Waals surface area contributed by atoms with Crippen LogP contribution in [0.3, 0.4) is 0 Å². The number of halogens is 6. The Bertz CT molecular complexity index is 851. The fourth-order valence-corrected chi connectivity index (χ4v) is 2.30. The van der Waals surface area contributed by atoms with Gasteiger partial charge in [0.2, 0.25) is 5.88 Å². The number of anilines is 1. The van der Waals surface area contributed by atoms with Gasteiger partial charge in [-0.3, -0.25) is 4.79 Å². The predicted molar refractivity (Wildman–Crippen MR) is 88.8 cm³/mol. The molecule has 1 N–H and O–H groups in total. The second-order valence-corrected chi connectivity index (χ2v) is 6.01. The third-order valence-corrected chi connectivity index (χ3v) is 3.59. The summed E-state index contributed by atoms with van der Waals surface area (Å²) >= 11 is 2.88. The Balaban J connectivity index is 1.89. The second-order valence-electron chi connectivity index (χ2n) is 5.16. The zero-order chi connectivity index (χ0) is 20.9. The summed E-state index contributed by atoms with van der Waals surface area (Å²) in [5.41, 5.74) is -0.489. The molecule has 1 aromatic carbocycles. The third kappa shape index (κ3) is 6.44. The number of rotatable bonds is 6. The van der Waals surface area contributed by atoms with E-state index in [1.165, 1.54) is 0 Å². The number of carbonyl (C=O) groups excluding carboxylic acids is 2. The lowest BCUT2D eigenvalue weighted by molar-refractivity contribution is -0.154.